The Morgan fingerprint density at radius 1 is 1.00 bits per heavy atom. The molecule has 0 fully saturated rings. The van der Waals surface area contributed by atoms with Crippen molar-refractivity contribution in [3.05, 3.63) is 66.5 Å². The SMILES string of the molecule is Cc1nc2ccccc2[n+]2nn(-c3cnc4ccccc4c3)c(O)c12.[OH-]. The standard InChI is InChI=1S/C19H13N5O.H2O/c1-12-18-19(25)23(14-10-13-6-2-3-7-15(13)20-11-14)22-24(18)17-9-5-4-8-16(17)21-12;/h2-11H,1H3;1H2. The van der Waals surface area contributed by atoms with Crippen LogP contribution in [-0.2, 0) is 0 Å². The number of rotatable bonds is 1. The van der Waals surface area contributed by atoms with Crippen LogP contribution in [-0.4, -0.2) is 30.4 Å². The summed E-state index contributed by atoms with van der Waals surface area (Å²) in [7, 11) is 0. The van der Waals surface area contributed by atoms with Crippen LogP contribution in [0, 0.1) is 6.92 Å². The number of benzene rings is 2. The number of pyridine rings is 1. The highest BCUT2D eigenvalue weighted by Crippen LogP contribution is 2.24. The first-order chi connectivity index (χ1) is 12.2. The van der Waals surface area contributed by atoms with Crippen molar-refractivity contribution in [3.8, 4) is 11.6 Å². The molecule has 0 spiro atoms. The number of nitrogens with zero attached hydrogens (tertiary/aromatic N) is 5. The van der Waals surface area contributed by atoms with Gasteiger partial charge in [0.25, 0.3) is 5.52 Å². The molecule has 128 valence electrons. The minimum Gasteiger partial charge on any atom is -0.870 e. The van der Waals surface area contributed by atoms with Gasteiger partial charge < -0.3 is 10.6 Å². The number of aryl methyl sites for hydroxylation is 1. The Labute approximate surface area is 148 Å². The normalized spacial score (nSPS) is 11.1. The molecule has 0 bridgehead atoms. The van der Waals surface area contributed by atoms with Crippen molar-refractivity contribution in [1.29, 1.82) is 0 Å². The van der Waals surface area contributed by atoms with Gasteiger partial charge in [0.2, 0.25) is 0 Å². The molecule has 0 aliphatic carbocycles. The van der Waals surface area contributed by atoms with E-state index in [1.807, 2.05) is 61.5 Å². The fourth-order valence-electron chi connectivity index (χ4n) is 3.18. The van der Waals surface area contributed by atoms with Crippen molar-refractivity contribution >= 4 is 27.5 Å². The fraction of sp³-hybridized carbons (Fsp3) is 0.0526. The minimum atomic E-state index is 0. The number of para-hydroxylation sites is 3. The second kappa shape index (κ2) is 5.75. The maximum absolute atomic E-state index is 10.8. The predicted octanol–water partition coefficient (Wildman–Crippen LogP) is 2.54. The Morgan fingerprint density at radius 3 is 2.58 bits per heavy atom. The van der Waals surface area contributed by atoms with Gasteiger partial charge in [0, 0.05) is 5.39 Å². The molecule has 0 radical (unpaired) electrons. The Balaban J connectivity index is 0.00000168. The van der Waals surface area contributed by atoms with E-state index >= 15 is 0 Å². The average Bonchev–Trinajstić information content (AvgIpc) is 3.00. The summed E-state index contributed by atoms with van der Waals surface area (Å²) in [6.07, 6.45) is 1.71. The molecule has 2 N–H and O–H groups in total. The summed E-state index contributed by atoms with van der Waals surface area (Å²) >= 11 is 0. The second-order valence-electron chi connectivity index (χ2n) is 5.96. The van der Waals surface area contributed by atoms with Crippen LogP contribution in [0.15, 0.2) is 60.8 Å². The quantitative estimate of drug-likeness (QED) is 0.471. The van der Waals surface area contributed by atoms with E-state index in [0.29, 0.717) is 11.2 Å². The summed E-state index contributed by atoms with van der Waals surface area (Å²) in [6, 6.07) is 17.5. The van der Waals surface area contributed by atoms with Gasteiger partial charge in [-0.1, -0.05) is 39.5 Å². The van der Waals surface area contributed by atoms with E-state index in [9.17, 15) is 5.11 Å². The lowest BCUT2D eigenvalue weighted by Crippen LogP contribution is -2.27. The van der Waals surface area contributed by atoms with E-state index < -0.39 is 0 Å². The highest BCUT2D eigenvalue weighted by atomic mass is 16.3. The highest BCUT2D eigenvalue weighted by Gasteiger charge is 2.26. The first kappa shape index (κ1) is 15.9. The number of aromatic nitrogens is 5. The molecule has 0 aliphatic heterocycles. The monoisotopic (exact) mass is 345 g/mol. The van der Waals surface area contributed by atoms with Crippen molar-refractivity contribution in [3.63, 3.8) is 0 Å². The van der Waals surface area contributed by atoms with Gasteiger partial charge in [-0.25, -0.2) is 4.98 Å². The molecule has 0 atom stereocenters. The summed E-state index contributed by atoms with van der Waals surface area (Å²) < 4.78 is 3.22. The Hall–Kier alpha value is -3.58. The zero-order valence-corrected chi connectivity index (χ0v) is 13.9. The number of aromatic hydroxyl groups is 1. The van der Waals surface area contributed by atoms with Crippen LogP contribution >= 0.6 is 0 Å². The zero-order valence-electron chi connectivity index (χ0n) is 13.9. The van der Waals surface area contributed by atoms with Gasteiger partial charge in [-0.3, -0.25) is 4.98 Å². The van der Waals surface area contributed by atoms with Crippen molar-refractivity contribution < 1.29 is 15.1 Å². The Bertz CT molecular complexity index is 1280. The molecule has 26 heavy (non-hydrogen) atoms. The molecular weight excluding hydrogens is 330 g/mol. The summed E-state index contributed by atoms with van der Waals surface area (Å²) in [5.41, 5.74) is 4.58. The lowest BCUT2D eigenvalue weighted by Gasteiger charge is -1.98. The van der Waals surface area contributed by atoms with E-state index in [1.54, 1.807) is 10.7 Å². The predicted molar refractivity (Wildman–Crippen MR) is 95.7 cm³/mol. The minimum absolute atomic E-state index is 0. The Morgan fingerprint density at radius 2 is 1.73 bits per heavy atom. The average molecular weight is 345 g/mol. The molecule has 0 amide bonds. The molecule has 3 aromatic heterocycles. The topological polar surface area (TPSA) is 97.9 Å². The van der Waals surface area contributed by atoms with E-state index in [1.165, 1.54) is 4.68 Å². The summed E-state index contributed by atoms with van der Waals surface area (Å²) in [6.45, 7) is 1.87. The third-order valence-electron chi connectivity index (χ3n) is 4.36. The third kappa shape index (κ3) is 2.18. The van der Waals surface area contributed by atoms with E-state index in [4.69, 9.17) is 0 Å². The number of fused-ring (bicyclic) bond motifs is 4. The first-order valence-corrected chi connectivity index (χ1v) is 7.97. The molecule has 0 aliphatic rings. The second-order valence-corrected chi connectivity index (χ2v) is 5.96. The van der Waals surface area contributed by atoms with Crippen molar-refractivity contribution in [1.82, 2.24) is 19.9 Å². The molecule has 5 aromatic rings. The van der Waals surface area contributed by atoms with Crippen molar-refractivity contribution in [2.75, 3.05) is 0 Å². The van der Waals surface area contributed by atoms with Gasteiger partial charge >= 0.3 is 5.88 Å². The zero-order chi connectivity index (χ0) is 17.0. The van der Waals surface area contributed by atoms with Gasteiger partial charge in [0.1, 0.15) is 10.7 Å². The third-order valence-corrected chi connectivity index (χ3v) is 4.36. The van der Waals surface area contributed by atoms with Crippen LogP contribution < -0.4 is 4.52 Å². The molecule has 0 unspecified atom stereocenters. The molecule has 0 saturated carbocycles. The summed E-state index contributed by atoms with van der Waals surface area (Å²) in [4.78, 5) is 9.03. The highest BCUT2D eigenvalue weighted by molar-refractivity contribution is 5.80. The van der Waals surface area contributed by atoms with Crippen LogP contribution in [0.5, 0.6) is 5.88 Å². The van der Waals surface area contributed by atoms with Crippen LogP contribution in [0.2, 0.25) is 0 Å². The van der Waals surface area contributed by atoms with Gasteiger partial charge in [0.15, 0.2) is 11.2 Å². The van der Waals surface area contributed by atoms with Crippen LogP contribution in [0.3, 0.4) is 0 Å². The first-order valence-electron chi connectivity index (χ1n) is 7.97. The van der Waals surface area contributed by atoms with Crippen LogP contribution in [0.25, 0.3) is 33.1 Å². The van der Waals surface area contributed by atoms with Gasteiger partial charge in [-0.05, 0) is 31.2 Å². The lowest BCUT2D eigenvalue weighted by atomic mass is 10.2. The maximum atomic E-state index is 10.8. The molecule has 3 heterocycles. The molecule has 7 nitrogen and oxygen atoms in total. The fourth-order valence-corrected chi connectivity index (χ4v) is 3.18. The number of hydrogen-bond acceptors (Lipinski definition) is 5. The van der Waals surface area contributed by atoms with Gasteiger partial charge in [0.05, 0.1) is 17.4 Å². The molecule has 7 heteroatoms. The molecular formula is C19H15N5O2. The molecule has 2 aromatic carbocycles. The lowest BCUT2D eigenvalue weighted by molar-refractivity contribution is -0.556. The van der Waals surface area contributed by atoms with Crippen molar-refractivity contribution in [2.45, 2.75) is 6.92 Å². The van der Waals surface area contributed by atoms with E-state index in [2.05, 4.69) is 15.2 Å². The van der Waals surface area contributed by atoms with Gasteiger partial charge in [-0.15, -0.1) is 0 Å². The summed E-state index contributed by atoms with van der Waals surface area (Å²) in [5, 5.41) is 16.3. The van der Waals surface area contributed by atoms with Crippen molar-refractivity contribution in [2.24, 2.45) is 0 Å². The molecule has 5 rings (SSSR count). The largest absolute Gasteiger partial charge is 0.870 e. The maximum Gasteiger partial charge on any atom is 0.361 e. The number of hydrogen-bond donors (Lipinski definition) is 1. The van der Waals surface area contributed by atoms with Crippen LogP contribution in [0.1, 0.15) is 5.69 Å². The van der Waals surface area contributed by atoms with Crippen LogP contribution in [0.4, 0.5) is 0 Å². The Kier molecular flexibility index (Phi) is 3.52. The van der Waals surface area contributed by atoms with E-state index in [0.717, 1.165) is 27.6 Å². The van der Waals surface area contributed by atoms with Gasteiger partial charge in [-0.2, -0.15) is 0 Å². The summed E-state index contributed by atoms with van der Waals surface area (Å²) in [5.74, 6) is 0.0489. The molecule has 0 saturated heterocycles. The smallest absolute Gasteiger partial charge is 0.361 e. The van der Waals surface area contributed by atoms with E-state index in [-0.39, 0.29) is 11.4 Å².